The maximum Gasteiger partial charge on any atom is 0.262 e. The summed E-state index contributed by atoms with van der Waals surface area (Å²) in [6.45, 7) is 0.551. The molecule has 1 heterocycles. The summed E-state index contributed by atoms with van der Waals surface area (Å²) in [6, 6.07) is 8.63. The van der Waals surface area contributed by atoms with Gasteiger partial charge in [0.2, 0.25) is 0 Å². The maximum atomic E-state index is 12.7. The number of halogens is 2. The van der Waals surface area contributed by atoms with Gasteiger partial charge in [0.15, 0.2) is 0 Å². The number of methoxy groups -OCH3 is 1. The van der Waals surface area contributed by atoms with Crippen molar-refractivity contribution in [1.82, 2.24) is 0 Å². The van der Waals surface area contributed by atoms with E-state index in [0.29, 0.717) is 24.5 Å². The number of hydrogen-bond acceptors (Lipinski definition) is 5. The predicted molar refractivity (Wildman–Crippen MR) is 108 cm³/mol. The van der Waals surface area contributed by atoms with Crippen LogP contribution in [-0.2, 0) is 19.6 Å². The van der Waals surface area contributed by atoms with Crippen molar-refractivity contribution in [3.63, 3.8) is 0 Å². The molecular formula is C18H18Cl2N2O5S. The zero-order valence-corrected chi connectivity index (χ0v) is 17.2. The van der Waals surface area contributed by atoms with Crippen LogP contribution in [0.2, 0.25) is 10.0 Å². The molecule has 1 fully saturated rings. The number of carbonyl (C=O) groups excluding carboxylic acids is 1. The summed E-state index contributed by atoms with van der Waals surface area (Å²) >= 11 is 11.8. The molecule has 0 aliphatic carbocycles. The number of ether oxygens (including phenoxy) is 2. The Morgan fingerprint density at radius 2 is 1.96 bits per heavy atom. The van der Waals surface area contributed by atoms with Crippen molar-refractivity contribution in [3.8, 4) is 5.75 Å². The molecule has 28 heavy (non-hydrogen) atoms. The van der Waals surface area contributed by atoms with E-state index in [4.69, 9.17) is 32.7 Å². The second-order valence-corrected chi connectivity index (χ2v) is 8.58. The molecule has 0 spiro atoms. The van der Waals surface area contributed by atoms with Crippen LogP contribution >= 0.6 is 23.2 Å². The van der Waals surface area contributed by atoms with Gasteiger partial charge in [0, 0.05) is 12.3 Å². The maximum absolute atomic E-state index is 12.7. The van der Waals surface area contributed by atoms with Crippen molar-refractivity contribution in [1.29, 1.82) is 0 Å². The van der Waals surface area contributed by atoms with Gasteiger partial charge in [-0.3, -0.25) is 9.52 Å². The number of sulfonamides is 1. The van der Waals surface area contributed by atoms with Gasteiger partial charge in [0.05, 0.1) is 27.7 Å². The minimum atomic E-state index is -3.96. The molecule has 7 nitrogen and oxygen atoms in total. The van der Waals surface area contributed by atoms with Crippen LogP contribution in [0.15, 0.2) is 41.3 Å². The minimum Gasteiger partial charge on any atom is -0.495 e. The van der Waals surface area contributed by atoms with Crippen molar-refractivity contribution < 1.29 is 22.7 Å². The summed E-state index contributed by atoms with van der Waals surface area (Å²) in [5.41, 5.74) is 0.576. The average Bonchev–Trinajstić information content (AvgIpc) is 3.19. The highest BCUT2D eigenvalue weighted by Crippen LogP contribution is 2.32. The van der Waals surface area contributed by atoms with E-state index < -0.39 is 16.1 Å². The third kappa shape index (κ3) is 4.70. The van der Waals surface area contributed by atoms with Gasteiger partial charge in [0.25, 0.3) is 15.9 Å². The van der Waals surface area contributed by atoms with Crippen LogP contribution in [0.1, 0.15) is 12.8 Å². The Hall–Kier alpha value is -2.00. The number of amides is 1. The van der Waals surface area contributed by atoms with E-state index in [2.05, 4.69) is 10.0 Å². The largest absolute Gasteiger partial charge is 0.495 e. The van der Waals surface area contributed by atoms with E-state index in [1.54, 1.807) is 12.1 Å². The van der Waals surface area contributed by atoms with Gasteiger partial charge in [-0.15, -0.1) is 0 Å². The fraction of sp³-hybridized carbons (Fsp3) is 0.278. The van der Waals surface area contributed by atoms with E-state index in [1.165, 1.54) is 31.4 Å². The molecule has 1 saturated heterocycles. The fourth-order valence-electron chi connectivity index (χ4n) is 2.72. The van der Waals surface area contributed by atoms with Crippen LogP contribution in [0.3, 0.4) is 0 Å². The number of carbonyl (C=O) groups is 1. The summed E-state index contributed by atoms with van der Waals surface area (Å²) in [4.78, 5) is 12.2. The second kappa shape index (κ2) is 8.57. The SMILES string of the molecule is COc1ccc(NC(=O)C2CCCO2)cc1NS(=O)(=O)c1ccc(Cl)c(Cl)c1. The van der Waals surface area contributed by atoms with Crippen LogP contribution in [-0.4, -0.2) is 34.1 Å². The van der Waals surface area contributed by atoms with Crippen molar-refractivity contribution in [3.05, 3.63) is 46.4 Å². The smallest absolute Gasteiger partial charge is 0.262 e. The molecule has 1 aliphatic rings. The Bertz CT molecular complexity index is 991. The highest BCUT2D eigenvalue weighted by atomic mass is 35.5. The minimum absolute atomic E-state index is 0.0576. The van der Waals surface area contributed by atoms with E-state index in [1.807, 2.05) is 0 Å². The Morgan fingerprint density at radius 1 is 1.18 bits per heavy atom. The highest BCUT2D eigenvalue weighted by molar-refractivity contribution is 7.92. The van der Waals surface area contributed by atoms with E-state index >= 15 is 0 Å². The Balaban J connectivity index is 1.85. The normalized spacial score (nSPS) is 16.6. The molecule has 0 saturated carbocycles. The predicted octanol–water partition coefficient (Wildman–Crippen LogP) is 3.92. The van der Waals surface area contributed by atoms with Gasteiger partial charge >= 0.3 is 0 Å². The lowest BCUT2D eigenvalue weighted by atomic mass is 10.2. The number of rotatable bonds is 6. The molecular weight excluding hydrogens is 427 g/mol. The summed E-state index contributed by atoms with van der Waals surface area (Å²) in [5.74, 6) is 0.0136. The Morgan fingerprint density at radius 3 is 2.61 bits per heavy atom. The Kier molecular flexibility index (Phi) is 6.34. The Labute approximate surface area is 173 Å². The van der Waals surface area contributed by atoms with Crippen molar-refractivity contribution in [2.45, 2.75) is 23.8 Å². The van der Waals surface area contributed by atoms with Crippen LogP contribution in [0.25, 0.3) is 0 Å². The lowest BCUT2D eigenvalue weighted by Gasteiger charge is -2.15. The molecule has 1 unspecified atom stereocenters. The number of anilines is 2. The molecule has 2 aromatic rings. The molecule has 0 aromatic heterocycles. The summed E-state index contributed by atoms with van der Waals surface area (Å²) in [5, 5.41) is 3.09. The molecule has 1 amide bonds. The number of benzene rings is 2. The monoisotopic (exact) mass is 444 g/mol. The lowest BCUT2D eigenvalue weighted by molar-refractivity contribution is -0.124. The molecule has 3 rings (SSSR count). The quantitative estimate of drug-likeness (QED) is 0.703. The number of nitrogens with one attached hydrogen (secondary N) is 2. The first kappa shape index (κ1) is 20.7. The van der Waals surface area contributed by atoms with Crippen molar-refractivity contribution in [2.24, 2.45) is 0 Å². The standard InChI is InChI=1S/C18H18Cl2N2O5S/c1-26-16-7-4-11(21-18(23)17-3-2-8-27-17)9-15(16)22-28(24,25)12-5-6-13(19)14(20)10-12/h4-7,9-10,17,22H,2-3,8H2,1H3,(H,21,23). The molecule has 2 N–H and O–H groups in total. The van der Waals surface area contributed by atoms with Crippen LogP contribution in [0.5, 0.6) is 5.75 Å². The zero-order chi connectivity index (χ0) is 20.3. The average molecular weight is 445 g/mol. The highest BCUT2D eigenvalue weighted by Gasteiger charge is 2.24. The van der Waals surface area contributed by atoms with Gasteiger partial charge in [-0.05, 0) is 49.2 Å². The molecule has 0 radical (unpaired) electrons. The van der Waals surface area contributed by atoms with E-state index in [-0.39, 0.29) is 26.5 Å². The third-order valence-corrected chi connectivity index (χ3v) is 6.24. The van der Waals surface area contributed by atoms with Crippen LogP contribution in [0, 0.1) is 0 Å². The molecule has 2 aromatic carbocycles. The summed E-state index contributed by atoms with van der Waals surface area (Å²) in [6.07, 6.45) is 0.979. The first-order chi connectivity index (χ1) is 13.3. The van der Waals surface area contributed by atoms with Crippen LogP contribution in [0.4, 0.5) is 11.4 Å². The van der Waals surface area contributed by atoms with Gasteiger partial charge in [-0.25, -0.2) is 8.42 Å². The molecule has 1 aliphatic heterocycles. The van der Waals surface area contributed by atoms with E-state index in [9.17, 15) is 13.2 Å². The second-order valence-electron chi connectivity index (χ2n) is 6.09. The molecule has 0 bridgehead atoms. The summed E-state index contributed by atoms with van der Waals surface area (Å²) < 4.78 is 38.4. The summed E-state index contributed by atoms with van der Waals surface area (Å²) in [7, 11) is -2.54. The van der Waals surface area contributed by atoms with Crippen molar-refractivity contribution >= 4 is 50.5 Å². The van der Waals surface area contributed by atoms with Gasteiger partial charge in [-0.2, -0.15) is 0 Å². The molecule has 10 heteroatoms. The van der Waals surface area contributed by atoms with Gasteiger partial charge < -0.3 is 14.8 Å². The molecule has 150 valence electrons. The first-order valence-corrected chi connectivity index (χ1v) is 10.6. The van der Waals surface area contributed by atoms with E-state index in [0.717, 1.165) is 6.42 Å². The lowest BCUT2D eigenvalue weighted by Crippen LogP contribution is -2.26. The van der Waals surface area contributed by atoms with Crippen molar-refractivity contribution in [2.75, 3.05) is 23.8 Å². The van der Waals surface area contributed by atoms with Gasteiger partial charge in [-0.1, -0.05) is 23.2 Å². The van der Waals surface area contributed by atoms with Gasteiger partial charge in [0.1, 0.15) is 11.9 Å². The third-order valence-electron chi connectivity index (χ3n) is 4.13. The topological polar surface area (TPSA) is 93.7 Å². The number of hydrogen-bond donors (Lipinski definition) is 2. The fourth-order valence-corrected chi connectivity index (χ4v) is 4.17. The zero-order valence-electron chi connectivity index (χ0n) is 14.9. The molecule has 1 atom stereocenters. The van der Waals surface area contributed by atoms with Crippen LogP contribution < -0.4 is 14.8 Å². The first-order valence-electron chi connectivity index (χ1n) is 8.38.